The minimum atomic E-state index is 0. The highest BCUT2D eigenvalue weighted by Crippen LogP contribution is 2.42. The predicted molar refractivity (Wildman–Crippen MR) is 117 cm³/mol. The van der Waals surface area contributed by atoms with Gasteiger partial charge in [0, 0.05) is 42.6 Å². The fourth-order valence-corrected chi connectivity index (χ4v) is 5.35. The fourth-order valence-electron chi connectivity index (χ4n) is 3.78. The number of halogens is 1. The average molecular weight is 480 g/mol. The van der Waals surface area contributed by atoms with E-state index in [1.165, 1.54) is 37.9 Å². The van der Waals surface area contributed by atoms with Gasteiger partial charge in [-0.15, -0.1) is 24.0 Å². The van der Waals surface area contributed by atoms with Crippen molar-refractivity contribution in [3.05, 3.63) is 0 Å². The number of nitrogens with zero attached hydrogens (tertiary/aromatic N) is 2. The van der Waals surface area contributed by atoms with Gasteiger partial charge in [-0.05, 0) is 32.6 Å². The lowest BCUT2D eigenvalue weighted by Crippen LogP contribution is -2.53. The number of rotatable bonds is 5. The molecule has 0 radical (unpaired) electrons. The van der Waals surface area contributed by atoms with Gasteiger partial charge in [0.25, 0.3) is 0 Å². The van der Waals surface area contributed by atoms with Crippen LogP contribution < -0.4 is 10.6 Å². The van der Waals surface area contributed by atoms with Crippen molar-refractivity contribution in [2.75, 3.05) is 38.5 Å². The molecule has 7 heteroatoms. The summed E-state index contributed by atoms with van der Waals surface area (Å²) in [6.45, 7) is 6.53. The molecule has 1 amide bonds. The maximum atomic E-state index is 11.7. The largest absolute Gasteiger partial charge is 0.357 e. The molecule has 2 aliphatic carbocycles. The molecule has 0 aromatic carbocycles. The van der Waals surface area contributed by atoms with Crippen LogP contribution in [-0.4, -0.2) is 60.0 Å². The number of hydrogen-bond acceptors (Lipinski definition) is 3. The molecule has 0 atom stereocenters. The Balaban J connectivity index is 0.00000225. The van der Waals surface area contributed by atoms with Gasteiger partial charge < -0.3 is 15.5 Å². The smallest absolute Gasteiger partial charge is 0.223 e. The normalized spacial score (nSPS) is 23.1. The molecule has 2 N–H and O–H groups in total. The lowest BCUT2D eigenvalue weighted by Gasteiger charge is -2.45. The third-order valence-electron chi connectivity index (χ3n) is 5.27. The number of nitrogens with one attached hydrogen (secondary N) is 2. The molecule has 1 aliphatic heterocycles. The van der Waals surface area contributed by atoms with Crippen LogP contribution in [0.15, 0.2) is 4.99 Å². The molecule has 0 bridgehead atoms. The summed E-state index contributed by atoms with van der Waals surface area (Å²) < 4.78 is 0.451. The van der Waals surface area contributed by atoms with Crippen LogP contribution in [0.4, 0.5) is 0 Å². The Labute approximate surface area is 173 Å². The molecule has 0 aromatic rings. The number of carbonyl (C=O) groups is 1. The van der Waals surface area contributed by atoms with Gasteiger partial charge in [-0.1, -0.05) is 19.3 Å². The molecule has 1 heterocycles. The Kier molecular flexibility index (Phi) is 8.64. The van der Waals surface area contributed by atoms with Crippen LogP contribution in [0, 0.1) is 5.92 Å². The third-order valence-corrected chi connectivity index (χ3v) is 6.80. The molecule has 5 nitrogen and oxygen atoms in total. The average Bonchev–Trinajstić information content (AvgIpc) is 3.43. The van der Waals surface area contributed by atoms with Crippen LogP contribution in [0.25, 0.3) is 0 Å². The van der Waals surface area contributed by atoms with E-state index in [0.717, 1.165) is 38.4 Å². The van der Waals surface area contributed by atoms with Gasteiger partial charge in [0.1, 0.15) is 0 Å². The molecule has 3 aliphatic rings. The highest BCUT2D eigenvalue weighted by Gasteiger charge is 2.38. The zero-order valence-corrected chi connectivity index (χ0v) is 18.5. The molecular formula is C18H33IN4OS. The molecule has 144 valence electrons. The Hall–Kier alpha value is -0.180. The summed E-state index contributed by atoms with van der Waals surface area (Å²) in [7, 11) is 0. The second-order valence-electron chi connectivity index (χ2n) is 7.31. The van der Waals surface area contributed by atoms with Crippen molar-refractivity contribution < 1.29 is 4.79 Å². The van der Waals surface area contributed by atoms with Crippen molar-refractivity contribution in [2.24, 2.45) is 10.9 Å². The first-order valence-electron chi connectivity index (χ1n) is 9.67. The van der Waals surface area contributed by atoms with Crippen LogP contribution in [0.1, 0.15) is 51.9 Å². The first kappa shape index (κ1) is 21.1. The maximum Gasteiger partial charge on any atom is 0.223 e. The van der Waals surface area contributed by atoms with Gasteiger partial charge in [0.05, 0.1) is 6.54 Å². The van der Waals surface area contributed by atoms with Crippen molar-refractivity contribution in [3.8, 4) is 0 Å². The highest BCUT2D eigenvalue weighted by atomic mass is 127. The fraction of sp³-hybridized carbons (Fsp3) is 0.889. The molecule has 25 heavy (non-hydrogen) atoms. The van der Waals surface area contributed by atoms with E-state index in [4.69, 9.17) is 4.99 Å². The first-order valence-corrected chi connectivity index (χ1v) is 10.7. The molecule has 1 saturated heterocycles. The van der Waals surface area contributed by atoms with E-state index in [9.17, 15) is 4.79 Å². The van der Waals surface area contributed by atoms with Gasteiger partial charge in [-0.2, -0.15) is 11.8 Å². The molecule has 1 spiro atoms. The van der Waals surface area contributed by atoms with Crippen LogP contribution in [0.2, 0.25) is 0 Å². The van der Waals surface area contributed by atoms with Crippen molar-refractivity contribution in [3.63, 3.8) is 0 Å². The standard InChI is InChI=1S/C18H32N4OS.HI/c1-2-19-17(21-11-10-20-16(23)15-6-7-15)22-12-13-24-18(14-22)8-4-3-5-9-18;/h15H,2-14H2,1H3,(H,19,21)(H,20,23);1H. The van der Waals surface area contributed by atoms with Crippen molar-refractivity contribution in [2.45, 2.75) is 56.6 Å². The highest BCUT2D eigenvalue weighted by molar-refractivity contribution is 14.0. The lowest BCUT2D eigenvalue weighted by atomic mass is 9.87. The van der Waals surface area contributed by atoms with Crippen molar-refractivity contribution in [1.29, 1.82) is 0 Å². The number of hydrogen-bond donors (Lipinski definition) is 2. The van der Waals surface area contributed by atoms with E-state index >= 15 is 0 Å². The SMILES string of the molecule is CCNC(=NCCNC(=O)C1CC1)N1CCSC2(CCCCC2)C1.I. The van der Waals surface area contributed by atoms with E-state index in [1.54, 1.807) is 0 Å². The number of amides is 1. The second kappa shape index (κ2) is 10.2. The molecule has 2 saturated carbocycles. The molecular weight excluding hydrogens is 447 g/mol. The van der Waals surface area contributed by atoms with Gasteiger partial charge in [0.15, 0.2) is 5.96 Å². The minimum Gasteiger partial charge on any atom is -0.357 e. The van der Waals surface area contributed by atoms with E-state index < -0.39 is 0 Å². The number of guanidine groups is 1. The topological polar surface area (TPSA) is 56.7 Å². The van der Waals surface area contributed by atoms with E-state index in [0.29, 0.717) is 17.8 Å². The second-order valence-corrected chi connectivity index (χ2v) is 8.88. The predicted octanol–water partition coefficient (Wildman–Crippen LogP) is 2.85. The van der Waals surface area contributed by atoms with Gasteiger partial charge in [-0.3, -0.25) is 9.79 Å². The van der Waals surface area contributed by atoms with E-state index in [2.05, 4.69) is 34.2 Å². The summed E-state index contributed by atoms with van der Waals surface area (Å²) in [5.74, 6) is 2.73. The summed E-state index contributed by atoms with van der Waals surface area (Å²) in [5.41, 5.74) is 0. The van der Waals surface area contributed by atoms with Gasteiger partial charge in [-0.25, -0.2) is 0 Å². The van der Waals surface area contributed by atoms with Gasteiger partial charge >= 0.3 is 0 Å². The number of aliphatic imine (C=N–C) groups is 1. The number of thioether (sulfide) groups is 1. The van der Waals surface area contributed by atoms with Crippen LogP contribution in [0.3, 0.4) is 0 Å². The van der Waals surface area contributed by atoms with Crippen molar-refractivity contribution in [1.82, 2.24) is 15.5 Å². The van der Waals surface area contributed by atoms with Crippen molar-refractivity contribution >= 4 is 47.6 Å². The summed E-state index contributed by atoms with van der Waals surface area (Å²) in [5, 5.41) is 6.46. The van der Waals surface area contributed by atoms with E-state index in [-0.39, 0.29) is 35.8 Å². The Bertz CT molecular complexity index is 458. The van der Waals surface area contributed by atoms with Crippen LogP contribution in [0.5, 0.6) is 0 Å². The summed E-state index contributed by atoms with van der Waals surface area (Å²) >= 11 is 2.19. The summed E-state index contributed by atoms with van der Waals surface area (Å²) in [6, 6.07) is 0. The van der Waals surface area contributed by atoms with Crippen LogP contribution in [-0.2, 0) is 4.79 Å². The minimum absolute atomic E-state index is 0. The lowest BCUT2D eigenvalue weighted by molar-refractivity contribution is -0.122. The monoisotopic (exact) mass is 480 g/mol. The molecule has 0 aromatic heterocycles. The molecule has 0 unspecified atom stereocenters. The zero-order chi connectivity index (χ0) is 16.8. The van der Waals surface area contributed by atoms with Gasteiger partial charge in [0.2, 0.25) is 5.91 Å². The summed E-state index contributed by atoms with van der Waals surface area (Å²) in [6.07, 6.45) is 8.98. The summed E-state index contributed by atoms with van der Waals surface area (Å²) in [4.78, 5) is 18.9. The van der Waals surface area contributed by atoms with E-state index in [1.807, 2.05) is 0 Å². The maximum absolute atomic E-state index is 11.7. The third kappa shape index (κ3) is 6.19. The molecule has 3 rings (SSSR count). The quantitative estimate of drug-likeness (QED) is 0.275. The number of carbonyl (C=O) groups excluding carboxylic acids is 1. The van der Waals surface area contributed by atoms with Crippen LogP contribution >= 0.6 is 35.7 Å². The Morgan fingerprint density at radius 2 is 2.00 bits per heavy atom. The molecule has 3 fully saturated rings. The Morgan fingerprint density at radius 3 is 2.68 bits per heavy atom. The zero-order valence-electron chi connectivity index (χ0n) is 15.4. The first-order chi connectivity index (χ1) is 11.7. The Morgan fingerprint density at radius 1 is 1.24 bits per heavy atom.